The summed E-state index contributed by atoms with van der Waals surface area (Å²) in [7, 11) is 0. The van der Waals surface area contributed by atoms with Gasteiger partial charge < -0.3 is 18.7 Å². The van der Waals surface area contributed by atoms with E-state index in [0.717, 1.165) is 16.9 Å². The summed E-state index contributed by atoms with van der Waals surface area (Å²) >= 11 is -0.689. The summed E-state index contributed by atoms with van der Waals surface area (Å²) in [5.41, 5.74) is 7.34. The Bertz CT molecular complexity index is 561. The van der Waals surface area contributed by atoms with E-state index in [1.165, 1.54) is 6.21 Å². The maximum Gasteiger partial charge on any atom is 0.345 e. The van der Waals surface area contributed by atoms with Crippen LogP contribution in [0.3, 0.4) is 0 Å². The van der Waals surface area contributed by atoms with Gasteiger partial charge in [-0.15, -0.1) is 0 Å². The highest BCUT2D eigenvalue weighted by Gasteiger charge is 1.97. The van der Waals surface area contributed by atoms with Gasteiger partial charge in [-0.3, -0.25) is 0 Å². The zero-order valence-electron chi connectivity index (χ0n) is 10.4. The first-order valence-corrected chi connectivity index (χ1v) is 6.82. The van der Waals surface area contributed by atoms with Crippen LogP contribution in [0.4, 0.5) is 0 Å². The lowest BCUT2D eigenvalue weighted by Gasteiger charge is -2.26. The zero-order chi connectivity index (χ0) is 13.5. The summed E-state index contributed by atoms with van der Waals surface area (Å²) in [6, 6.07) is 15.0. The fraction of sp³-hybridized carbons (Fsp3) is 0.0714. The van der Waals surface area contributed by atoms with Crippen LogP contribution in [-0.4, -0.2) is 22.1 Å². The molecule has 0 saturated carbocycles. The quantitative estimate of drug-likeness (QED) is 0.623. The van der Waals surface area contributed by atoms with Crippen molar-refractivity contribution in [1.29, 1.82) is 5.41 Å². The highest BCUT2D eigenvalue weighted by Crippen LogP contribution is 2.18. The van der Waals surface area contributed by atoms with Gasteiger partial charge in [0, 0.05) is 23.9 Å². The Labute approximate surface area is 119 Å². The smallest absolute Gasteiger partial charge is 0.345 e. The fourth-order valence-corrected chi connectivity index (χ4v) is 2.32. The Kier molecular flexibility index (Phi) is 4.99. The molecule has 0 fully saturated rings. The van der Waals surface area contributed by atoms with Crippen molar-refractivity contribution in [1.82, 2.24) is 0 Å². The van der Waals surface area contributed by atoms with Gasteiger partial charge in [0.1, 0.15) is 0 Å². The predicted molar refractivity (Wildman–Crippen MR) is 75.7 cm³/mol. The molecule has 0 heterocycles. The summed E-state index contributed by atoms with van der Waals surface area (Å²) in [5.74, 6) is 1.42. The van der Waals surface area contributed by atoms with Gasteiger partial charge in [0.25, 0.3) is 0 Å². The minimum absolute atomic E-state index is 0.437. The van der Waals surface area contributed by atoms with Crippen LogP contribution in [0.5, 0.6) is 11.5 Å². The molecule has 0 saturated heterocycles. The van der Waals surface area contributed by atoms with Crippen LogP contribution < -0.4 is 13.3 Å². The Balaban J connectivity index is 1.98. The average molecular weight is 269 g/mol. The highest BCUT2D eigenvalue weighted by molar-refractivity contribution is 6.21. The normalized spacial score (nSPS) is 9.95. The summed E-state index contributed by atoms with van der Waals surface area (Å²) in [6.45, 7) is 0.437. The van der Waals surface area contributed by atoms with Gasteiger partial charge in [-0.25, -0.2) is 0 Å². The average Bonchev–Trinajstić information content (AvgIpc) is 2.48. The minimum Gasteiger partial charge on any atom is -0.806 e. The summed E-state index contributed by atoms with van der Waals surface area (Å²) in [5, 5.41) is 7.29. The molecule has 0 unspecified atom stereocenters. The van der Waals surface area contributed by atoms with Crippen LogP contribution in [0.15, 0.2) is 48.5 Å². The molecule has 3 N–H and O–H groups in total. The number of benzene rings is 2. The number of rotatable bonds is 6. The second-order valence-electron chi connectivity index (χ2n) is 3.83. The molecule has 0 bridgehead atoms. The molecule has 19 heavy (non-hydrogen) atoms. The second-order valence-corrected chi connectivity index (χ2v) is 4.49. The predicted octanol–water partition coefficient (Wildman–Crippen LogP) is 2.13. The number of nitrogens with one attached hydrogen (secondary N) is 1. The van der Waals surface area contributed by atoms with Crippen molar-refractivity contribution in [2.24, 2.45) is 5.73 Å². The number of para-hydroxylation sites is 2. The van der Waals surface area contributed by atoms with Gasteiger partial charge in [0.15, 0.2) is 0 Å². The molecule has 0 aliphatic heterocycles. The zero-order valence-corrected chi connectivity index (χ0v) is 11.5. The van der Waals surface area contributed by atoms with Crippen LogP contribution in [0.25, 0.3) is 0 Å². The molecule has 0 amide bonds. The van der Waals surface area contributed by atoms with Crippen molar-refractivity contribution >= 4 is 22.1 Å². The molecular formula is C14H14AlN2O2-. The third kappa shape index (κ3) is 3.58. The molecule has 96 valence electrons. The lowest BCUT2D eigenvalue weighted by atomic mass is 10.2. The van der Waals surface area contributed by atoms with E-state index in [2.05, 4.69) is 0 Å². The molecule has 0 atom stereocenters. The van der Waals surface area contributed by atoms with E-state index in [1.807, 2.05) is 48.5 Å². The van der Waals surface area contributed by atoms with E-state index in [9.17, 15) is 0 Å². The molecule has 0 aliphatic carbocycles. The van der Waals surface area contributed by atoms with Crippen molar-refractivity contribution < 1.29 is 7.58 Å². The highest BCUT2D eigenvalue weighted by atomic mass is 27.2. The van der Waals surface area contributed by atoms with Gasteiger partial charge in [0.2, 0.25) is 0 Å². The number of hydrogen-bond acceptors (Lipinski definition) is 4. The minimum atomic E-state index is -0.689. The van der Waals surface area contributed by atoms with Crippen molar-refractivity contribution in [3.63, 3.8) is 0 Å². The molecule has 0 aromatic heterocycles. The first-order valence-electron chi connectivity index (χ1n) is 5.87. The fourth-order valence-electron chi connectivity index (χ4n) is 1.62. The van der Waals surface area contributed by atoms with E-state index in [-0.39, 0.29) is 0 Å². The first-order chi connectivity index (χ1) is 9.35. The maximum atomic E-state index is 7.29. The van der Waals surface area contributed by atoms with Gasteiger partial charge in [-0.2, -0.15) is 0 Å². The van der Waals surface area contributed by atoms with Crippen LogP contribution in [0, 0.1) is 5.41 Å². The molecular weight excluding hydrogens is 255 g/mol. The summed E-state index contributed by atoms with van der Waals surface area (Å²) in [4.78, 5) is 0. The van der Waals surface area contributed by atoms with Gasteiger partial charge in [-0.05, 0) is 18.2 Å². The van der Waals surface area contributed by atoms with Gasteiger partial charge >= 0.3 is 15.9 Å². The Hall–Kier alpha value is -1.80. The standard InChI is InChI=1S/C7H9NO.C7H7NO.Al/c2*8-5-6-3-1-2-4-7(6)9;/h1-4,9H,5,8H2;1-5,8-9H;/q;;+1/p-2. The Morgan fingerprint density at radius 3 is 2.37 bits per heavy atom. The lowest BCUT2D eigenvalue weighted by molar-refractivity contribution is 0.455. The molecule has 5 heteroatoms. The SMILES string of the molecule is N=Cc1ccccc1[O][Al-][O]c1ccccc1CN. The van der Waals surface area contributed by atoms with Crippen LogP contribution in [0.1, 0.15) is 11.1 Å². The molecule has 4 nitrogen and oxygen atoms in total. The lowest BCUT2D eigenvalue weighted by Crippen LogP contribution is -2.13. The Morgan fingerprint density at radius 1 is 1.00 bits per heavy atom. The third-order valence-electron chi connectivity index (χ3n) is 2.62. The van der Waals surface area contributed by atoms with Crippen LogP contribution >= 0.6 is 0 Å². The number of hydrogen-bond donors (Lipinski definition) is 2. The molecule has 2 radical (unpaired) electrons. The van der Waals surface area contributed by atoms with Crippen molar-refractivity contribution in [2.75, 3.05) is 0 Å². The van der Waals surface area contributed by atoms with E-state index < -0.39 is 15.9 Å². The first kappa shape index (κ1) is 13.6. The Morgan fingerprint density at radius 2 is 1.63 bits per heavy atom. The maximum absolute atomic E-state index is 7.29. The van der Waals surface area contributed by atoms with E-state index in [4.69, 9.17) is 18.7 Å². The van der Waals surface area contributed by atoms with Crippen molar-refractivity contribution in [3.05, 3.63) is 59.7 Å². The largest absolute Gasteiger partial charge is 0.806 e. The molecule has 0 spiro atoms. The summed E-state index contributed by atoms with van der Waals surface area (Å²) in [6.07, 6.45) is 1.27. The number of nitrogens with two attached hydrogens (primary N) is 1. The second kappa shape index (κ2) is 6.96. The molecule has 2 aromatic rings. The summed E-state index contributed by atoms with van der Waals surface area (Å²) < 4.78 is 11.2. The van der Waals surface area contributed by atoms with Crippen molar-refractivity contribution in [3.8, 4) is 11.5 Å². The van der Waals surface area contributed by atoms with E-state index in [0.29, 0.717) is 12.3 Å². The monoisotopic (exact) mass is 269 g/mol. The molecule has 2 rings (SSSR count). The topological polar surface area (TPSA) is 68.3 Å². The molecule has 2 aromatic carbocycles. The van der Waals surface area contributed by atoms with Crippen LogP contribution in [0.2, 0.25) is 0 Å². The van der Waals surface area contributed by atoms with E-state index >= 15 is 0 Å². The van der Waals surface area contributed by atoms with E-state index in [1.54, 1.807) is 0 Å². The van der Waals surface area contributed by atoms with Crippen molar-refractivity contribution in [2.45, 2.75) is 6.54 Å². The van der Waals surface area contributed by atoms with Gasteiger partial charge in [-0.1, -0.05) is 30.3 Å². The molecule has 0 aliphatic rings. The third-order valence-corrected chi connectivity index (χ3v) is 3.32. The van der Waals surface area contributed by atoms with Crippen LogP contribution in [-0.2, 0) is 6.54 Å². The van der Waals surface area contributed by atoms with Gasteiger partial charge in [0.05, 0.1) is 11.5 Å².